The van der Waals surface area contributed by atoms with E-state index < -0.39 is 29.4 Å². The Balaban J connectivity index is 1.53. The number of likely N-dealkylation sites (tertiary alicyclic amines) is 2. The van der Waals surface area contributed by atoms with E-state index in [0.29, 0.717) is 55.2 Å². The summed E-state index contributed by atoms with van der Waals surface area (Å²) in [7, 11) is 0. The highest BCUT2D eigenvalue weighted by Gasteiger charge is 2.44. The SMILES string of the molecule is CC(C(=O)O)c1cc(Cl)ccc1C1CCN(C(=O)[C@@H]2CN(C(C)(C)C)CC2c2ccc(F)cc2F)CC1. The second-order valence-corrected chi connectivity index (χ2v) is 11.8. The highest BCUT2D eigenvalue weighted by Crippen LogP contribution is 2.40. The molecule has 5 nitrogen and oxygen atoms in total. The number of nitrogens with zero attached hydrogens (tertiary/aromatic N) is 2. The molecule has 2 fully saturated rings. The zero-order valence-electron chi connectivity index (χ0n) is 21.8. The number of rotatable bonds is 5. The van der Waals surface area contributed by atoms with Gasteiger partial charge in [-0.25, -0.2) is 8.78 Å². The van der Waals surface area contributed by atoms with Crippen LogP contribution in [0, 0.1) is 17.6 Å². The van der Waals surface area contributed by atoms with Gasteiger partial charge >= 0.3 is 5.97 Å². The second-order valence-electron chi connectivity index (χ2n) is 11.4. The molecule has 2 aromatic rings. The fourth-order valence-electron chi connectivity index (χ4n) is 5.79. The van der Waals surface area contributed by atoms with Gasteiger partial charge in [0.2, 0.25) is 5.91 Å². The standard InChI is InChI=1S/C29H35ClF2N2O3/c1-17(28(36)37)23-13-19(30)5-7-21(23)18-9-11-33(12-10-18)27(35)25-16-34(29(2,3)4)15-24(25)22-8-6-20(31)14-26(22)32/h5-8,13-14,17-18,24-25H,9-12,15-16H2,1-4H3,(H,36,37)/t17?,24?,25-/m1/s1. The van der Waals surface area contributed by atoms with Gasteiger partial charge in [0.25, 0.3) is 0 Å². The normalized spacial score (nSPS) is 22.3. The van der Waals surface area contributed by atoms with Crippen LogP contribution in [0.2, 0.25) is 5.02 Å². The van der Waals surface area contributed by atoms with E-state index in [1.807, 2.05) is 11.0 Å². The van der Waals surface area contributed by atoms with Crippen LogP contribution >= 0.6 is 11.6 Å². The lowest BCUT2D eigenvalue weighted by molar-refractivity contribution is -0.138. The Morgan fingerprint density at radius 1 is 1.03 bits per heavy atom. The number of halogens is 3. The van der Waals surface area contributed by atoms with Gasteiger partial charge in [0.05, 0.1) is 11.8 Å². The van der Waals surface area contributed by atoms with Crippen LogP contribution in [-0.4, -0.2) is 58.5 Å². The number of carboxylic acid groups (broad SMARTS) is 1. The van der Waals surface area contributed by atoms with Crippen molar-refractivity contribution < 1.29 is 23.5 Å². The summed E-state index contributed by atoms with van der Waals surface area (Å²) < 4.78 is 28.4. The summed E-state index contributed by atoms with van der Waals surface area (Å²) in [5.41, 5.74) is 1.88. The van der Waals surface area contributed by atoms with E-state index in [0.717, 1.165) is 11.6 Å². The second kappa shape index (κ2) is 10.7. The molecule has 2 saturated heterocycles. The molecule has 0 bridgehead atoms. The third kappa shape index (κ3) is 5.83. The molecule has 2 aromatic carbocycles. The highest BCUT2D eigenvalue weighted by atomic mass is 35.5. The van der Waals surface area contributed by atoms with Crippen LogP contribution in [0.5, 0.6) is 0 Å². The summed E-state index contributed by atoms with van der Waals surface area (Å²) in [6, 6.07) is 9.05. The average molecular weight is 533 g/mol. The first-order valence-electron chi connectivity index (χ1n) is 12.9. The topological polar surface area (TPSA) is 60.9 Å². The van der Waals surface area contributed by atoms with Crippen LogP contribution in [0.4, 0.5) is 8.78 Å². The molecule has 4 rings (SSSR count). The van der Waals surface area contributed by atoms with Crippen LogP contribution in [0.25, 0.3) is 0 Å². The molecule has 2 unspecified atom stereocenters. The number of amides is 1. The number of hydrogen-bond acceptors (Lipinski definition) is 3. The maximum Gasteiger partial charge on any atom is 0.310 e. The first kappa shape index (κ1) is 27.5. The Hall–Kier alpha value is -2.51. The molecule has 1 amide bonds. The summed E-state index contributed by atoms with van der Waals surface area (Å²) in [5.74, 6) is -3.48. The Morgan fingerprint density at radius 3 is 2.27 bits per heavy atom. The van der Waals surface area contributed by atoms with Gasteiger partial charge in [-0.15, -0.1) is 0 Å². The summed E-state index contributed by atoms with van der Waals surface area (Å²) in [6.45, 7) is 10.0. The molecule has 0 saturated carbocycles. The van der Waals surface area contributed by atoms with Crippen molar-refractivity contribution in [2.45, 2.75) is 63.8 Å². The maximum absolute atomic E-state index is 14.8. The minimum absolute atomic E-state index is 0.00541. The van der Waals surface area contributed by atoms with Crippen LogP contribution in [-0.2, 0) is 9.59 Å². The number of aliphatic carboxylic acids is 1. The molecule has 8 heteroatoms. The number of carboxylic acids is 1. The van der Waals surface area contributed by atoms with Gasteiger partial charge in [0, 0.05) is 48.7 Å². The zero-order valence-corrected chi connectivity index (χ0v) is 22.6. The molecule has 200 valence electrons. The molecule has 0 aromatic heterocycles. The summed E-state index contributed by atoms with van der Waals surface area (Å²) in [6.07, 6.45) is 1.41. The third-order valence-corrected chi connectivity index (χ3v) is 8.32. The highest BCUT2D eigenvalue weighted by molar-refractivity contribution is 6.30. The molecule has 0 spiro atoms. The molecule has 0 radical (unpaired) electrons. The zero-order chi connectivity index (χ0) is 27.1. The fourth-order valence-corrected chi connectivity index (χ4v) is 5.97. The Kier molecular flexibility index (Phi) is 7.96. The van der Waals surface area contributed by atoms with Crippen molar-refractivity contribution in [1.82, 2.24) is 9.80 Å². The van der Waals surface area contributed by atoms with E-state index >= 15 is 0 Å². The number of piperidine rings is 1. The average Bonchev–Trinajstić information content (AvgIpc) is 3.29. The summed E-state index contributed by atoms with van der Waals surface area (Å²) in [4.78, 5) is 29.5. The van der Waals surface area contributed by atoms with Gasteiger partial charge in [0.15, 0.2) is 0 Å². The number of carbonyl (C=O) groups excluding carboxylic acids is 1. The molecule has 1 N–H and O–H groups in total. The van der Waals surface area contributed by atoms with Crippen LogP contribution in [0.1, 0.15) is 75.0 Å². The van der Waals surface area contributed by atoms with Crippen molar-refractivity contribution in [2.24, 2.45) is 5.92 Å². The third-order valence-electron chi connectivity index (χ3n) is 8.08. The van der Waals surface area contributed by atoms with Crippen LogP contribution < -0.4 is 0 Å². The first-order valence-corrected chi connectivity index (χ1v) is 13.3. The van der Waals surface area contributed by atoms with Crippen molar-refractivity contribution in [2.75, 3.05) is 26.2 Å². The summed E-state index contributed by atoms with van der Waals surface area (Å²) in [5, 5.41) is 10.1. The minimum Gasteiger partial charge on any atom is -0.481 e. The van der Waals surface area contributed by atoms with Crippen LogP contribution in [0.3, 0.4) is 0 Å². The van der Waals surface area contributed by atoms with Crippen molar-refractivity contribution in [3.63, 3.8) is 0 Å². The van der Waals surface area contributed by atoms with E-state index in [2.05, 4.69) is 25.7 Å². The van der Waals surface area contributed by atoms with Gasteiger partial charge < -0.3 is 10.0 Å². The predicted molar refractivity (Wildman–Crippen MR) is 140 cm³/mol. The van der Waals surface area contributed by atoms with Gasteiger partial charge in [-0.1, -0.05) is 23.7 Å². The Labute approximate surface area is 222 Å². The lowest BCUT2D eigenvalue weighted by Crippen LogP contribution is -2.44. The smallest absolute Gasteiger partial charge is 0.310 e. The van der Waals surface area contributed by atoms with Gasteiger partial charge in [0.1, 0.15) is 11.6 Å². The lowest BCUT2D eigenvalue weighted by Gasteiger charge is -2.36. The Bertz CT molecular complexity index is 1170. The molecule has 3 atom stereocenters. The van der Waals surface area contributed by atoms with E-state index in [9.17, 15) is 23.5 Å². The molecule has 2 heterocycles. The first-order chi connectivity index (χ1) is 17.4. The number of carbonyl (C=O) groups is 2. The fraction of sp³-hybridized carbons (Fsp3) is 0.517. The van der Waals surface area contributed by atoms with Crippen LogP contribution in [0.15, 0.2) is 36.4 Å². The predicted octanol–water partition coefficient (Wildman–Crippen LogP) is 6.03. The molecule has 2 aliphatic heterocycles. The quantitative estimate of drug-likeness (QED) is 0.511. The van der Waals surface area contributed by atoms with Crippen molar-refractivity contribution >= 4 is 23.5 Å². The Morgan fingerprint density at radius 2 is 1.68 bits per heavy atom. The monoisotopic (exact) mass is 532 g/mol. The molecule has 2 aliphatic rings. The largest absolute Gasteiger partial charge is 0.481 e. The van der Waals surface area contributed by atoms with E-state index in [1.165, 1.54) is 12.1 Å². The van der Waals surface area contributed by atoms with E-state index in [4.69, 9.17) is 11.6 Å². The van der Waals surface area contributed by atoms with Gasteiger partial charge in [-0.2, -0.15) is 0 Å². The minimum atomic E-state index is -0.903. The maximum atomic E-state index is 14.8. The molecule has 37 heavy (non-hydrogen) atoms. The number of hydrogen-bond donors (Lipinski definition) is 1. The van der Waals surface area contributed by atoms with Crippen molar-refractivity contribution in [3.8, 4) is 0 Å². The van der Waals surface area contributed by atoms with E-state index in [-0.39, 0.29) is 23.3 Å². The number of benzene rings is 2. The lowest BCUT2D eigenvalue weighted by atomic mass is 9.82. The van der Waals surface area contributed by atoms with E-state index in [1.54, 1.807) is 19.1 Å². The molecular formula is C29H35ClF2N2O3. The van der Waals surface area contributed by atoms with Crippen molar-refractivity contribution in [3.05, 3.63) is 69.7 Å². The van der Waals surface area contributed by atoms with Crippen molar-refractivity contribution in [1.29, 1.82) is 0 Å². The molecule has 0 aliphatic carbocycles. The van der Waals surface area contributed by atoms with Gasteiger partial charge in [-0.3, -0.25) is 14.5 Å². The summed E-state index contributed by atoms with van der Waals surface area (Å²) >= 11 is 6.17. The van der Waals surface area contributed by atoms with Gasteiger partial charge in [-0.05, 0) is 81.3 Å². The molecular weight excluding hydrogens is 498 g/mol.